The average Bonchev–Trinajstić information content (AvgIpc) is 3.44. The maximum atomic E-state index is 13.5. The molecule has 1 aliphatic rings. The predicted octanol–water partition coefficient (Wildman–Crippen LogP) is 7.24. The molecule has 0 radical (unpaired) electrons. The molecule has 8 rings (SSSR count). The normalized spacial score (nSPS) is 14.4. The first-order chi connectivity index (χ1) is 20.8. The van der Waals surface area contributed by atoms with E-state index in [1.807, 2.05) is 42.5 Å². The van der Waals surface area contributed by atoms with Crippen LogP contribution in [-0.4, -0.2) is 25.9 Å². The maximum absolute atomic E-state index is 13.5. The van der Waals surface area contributed by atoms with Crippen molar-refractivity contribution < 1.29 is 27.1 Å². The minimum absolute atomic E-state index is 0.167. The molecule has 0 aliphatic carbocycles. The van der Waals surface area contributed by atoms with Crippen molar-refractivity contribution in [3.63, 3.8) is 0 Å². The zero-order valence-electron chi connectivity index (χ0n) is 21.9. The Kier molecular flexibility index (Phi) is 5.33. The van der Waals surface area contributed by atoms with Gasteiger partial charge in [0.2, 0.25) is 5.88 Å². The number of halogens is 3. The molecule has 3 aromatic heterocycles. The molecular formula is C32H17F3N4O4. The van der Waals surface area contributed by atoms with Crippen LogP contribution in [0.15, 0.2) is 107 Å². The van der Waals surface area contributed by atoms with Gasteiger partial charge in [0, 0.05) is 5.56 Å². The Morgan fingerprint density at radius 1 is 0.860 bits per heavy atom. The third-order valence-electron chi connectivity index (χ3n) is 7.42. The van der Waals surface area contributed by atoms with E-state index < -0.39 is 23.7 Å². The lowest BCUT2D eigenvalue weighted by Gasteiger charge is -2.27. The molecule has 1 aliphatic heterocycles. The fourth-order valence-corrected chi connectivity index (χ4v) is 5.58. The van der Waals surface area contributed by atoms with Gasteiger partial charge in [-0.3, -0.25) is 0 Å². The quantitative estimate of drug-likeness (QED) is 0.204. The van der Waals surface area contributed by atoms with Gasteiger partial charge in [0.05, 0.1) is 22.4 Å². The monoisotopic (exact) mass is 578 g/mol. The second kappa shape index (κ2) is 9.15. The van der Waals surface area contributed by atoms with Crippen molar-refractivity contribution in [2.45, 2.75) is 12.3 Å². The van der Waals surface area contributed by atoms with Crippen molar-refractivity contribution in [3.05, 3.63) is 124 Å². The van der Waals surface area contributed by atoms with Crippen LogP contribution in [0, 0.1) is 0 Å². The van der Waals surface area contributed by atoms with E-state index in [1.54, 1.807) is 24.3 Å². The molecule has 0 spiro atoms. The van der Waals surface area contributed by atoms with Gasteiger partial charge in [0.25, 0.3) is 0 Å². The first-order valence-electron chi connectivity index (χ1n) is 13.2. The fourth-order valence-electron chi connectivity index (χ4n) is 5.58. The molecule has 4 heterocycles. The minimum Gasteiger partial charge on any atom is -0.437 e. The summed E-state index contributed by atoms with van der Waals surface area (Å²) in [6.07, 6.45) is -3.38. The lowest BCUT2D eigenvalue weighted by molar-refractivity contribution is -0.274. The van der Waals surface area contributed by atoms with Crippen LogP contribution in [0.5, 0.6) is 17.4 Å². The highest BCUT2D eigenvalue weighted by molar-refractivity contribution is 5.88. The lowest BCUT2D eigenvalue weighted by atomic mass is 9.84. The summed E-state index contributed by atoms with van der Waals surface area (Å²) >= 11 is 0. The van der Waals surface area contributed by atoms with Crippen LogP contribution in [-0.2, 0) is 0 Å². The third kappa shape index (κ3) is 4.16. The molecule has 210 valence electrons. The number of rotatable bonds is 3. The molecule has 0 saturated carbocycles. The highest BCUT2D eigenvalue weighted by Gasteiger charge is 2.38. The molecule has 43 heavy (non-hydrogen) atoms. The molecular weight excluding hydrogens is 561 g/mol. The van der Waals surface area contributed by atoms with Gasteiger partial charge in [-0.25, -0.2) is 19.3 Å². The van der Waals surface area contributed by atoms with Crippen LogP contribution < -0.4 is 15.1 Å². The molecule has 1 atom stereocenters. The van der Waals surface area contributed by atoms with Gasteiger partial charge in [-0.1, -0.05) is 60.7 Å². The summed E-state index contributed by atoms with van der Waals surface area (Å²) in [6.45, 7) is 0. The Balaban J connectivity index is 1.35. The molecule has 0 amide bonds. The van der Waals surface area contributed by atoms with E-state index in [2.05, 4.69) is 14.8 Å². The second-order valence-corrected chi connectivity index (χ2v) is 10.0. The van der Waals surface area contributed by atoms with Gasteiger partial charge in [-0.15, -0.1) is 18.3 Å². The molecule has 8 nitrogen and oxygen atoms in total. The highest BCUT2D eigenvalue weighted by atomic mass is 19.4. The Hall–Kier alpha value is -5.71. The zero-order chi connectivity index (χ0) is 29.3. The predicted molar refractivity (Wildman–Crippen MR) is 150 cm³/mol. The number of benzene rings is 4. The topological polar surface area (TPSA) is 91.8 Å². The molecule has 0 fully saturated rings. The zero-order valence-corrected chi connectivity index (χ0v) is 21.9. The first-order valence-corrected chi connectivity index (χ1v) is 13.2. The minimum atomic E-state index is -4.85. The van der Waals surface area contributed by atoms with Crippen molar-refractivity contribution in [1.29, 1.82) is 0 Å². The first kappa shape index (κ1) is 25.0. The summed E-state index contributed by atoms with van der Waals surface area (Å²) in [5.41, 5.74) is 1.87. The van der Waals surface area contributed by atoms with E-state index in [4.69, 9.17) is 14.1 Å². The van der Waals surface area contributed by atoms with E-state index in [0.717, 1.165) is 16.3 Å². The van der Waals surface area contributed by atoms with E-state index in [1.165, 1.54) is 35.1 Å². The number of fused-ring (bicyclic) bond motifs is 7. The summed E-state index contributed by atoms with van der Waals surface area (Å²) in [5, 5.41) is 7.28. The number of para-hydroxylation sites is 1. The van der Waals surface area contributed by atoms with Crippen molar-refractivity contribution in [2.24, 2.45) is 0 Å². The van der Waals surface area contributed by atoms with Crippen molar-refractivity contribution in [1.82, 2.24) is 19.6 Å². The fraction of sp³-hybridized carbons (Fsp3) is 0.0625. The number of hydrogen-bond donors (Lipinski definition) is 0. The molecule has 0 bridgehead atoms. The van der Waals surface area contributed by atoms with Gasteiger partial charge in [0.1, 0.15) is 17.7 Å². The van der Waals surface area contributed by atoms with Crippen LogP contribution in [0.2, 0.25) is 0 Å². The van der Waals surface area contributed by atoms with Gasteiger partial charge in [-0.2, -0.15) is 0 Å². The second-order valence-electron chi connectivity index (χ2n) is 10.0. The molecule has 11 heteroatoms. The van der Waals surface area contributed by atoms with E-state index in [9.17, 15) is 18.0 Å². The van der Waals surface area contributed by atoms with Crippen LogP contribution in [0.1, 0.15) is 22.6 Å². The smallest absolute Gasteiger partial charge is 0.437 e. The summed E-state index contributed by atoms with van der Waals surface area (Å²) in [6, 6.07) is 26.0. The maximum Gasteiger partial charge on any atom is 0.573 e. The Morgan fingerprint density at radius 2 is 1.63 bits per heavy atom. The summed E-state index contributed by atoms with van der Waals surface area (Å²) in [5.74, 6) is -0.388. The van der Waals surface area contributed by atoms with E-state index in [0.29, 0.717) is 33.6 Å². The molecule has 7 aromatic rings. The average molecular weight is 579 g/mol. The number of ether oxygens (including phenoxy) is 2. The summed E-state index contributed by atoms with van der Waals surface area (Å²) in [4.78, 5) is 22.9. The Bertz CT molecular complexity index is 2280. The molecule has 1 unspecified atom stereocenters. The van der Waals surface area contributed by atoms with Crippen molar-refractivity contribution in [3.8, 4) is 28.8 Å². The van der Waals surface area contributed by atoms with Crippen molar-refractivity contribution in [2.75, 3.05) is 0 Å². The van der Waals surface area contributed by atoms with Crippen LogP contribution in [0.3, 0.4) is 0 Å². The number of nitrogens with zero attached hydrogens (tertiary/aromatic N) is 4. The summed E-state index contributed by atoms with van der Waals surface area (Å²) < 4.78 is 56.1. The Morgan fingerprint density at radius 3 is 2.44 bits per heavy atom. The standard InChI is InChI=1S/C32H17F3N4O4/c33-32(34,35)43-21-13-11-18(12-14-21)24-25-27(22-7-3-4-8-23(22)41-31(25)40)42-30-26(24)29-37-28(38-39(29)16-36-30)20-10-9-17-5-1-2-6-19(17)15-20/h1-16,24H. The molecule has 0 N–H and O–H groups in total. The lowest BCUT2D eigenvalue weighted by Crippen LogP contribution is -2.22. The van der Waals surface area contributed by atoms with E-state index in [-0.39, 0.29) is 17.2 Å². The number of alkyl halides is 3. The summed E-state index contributed by atoms with van der Waals surface area (Å²) in [7, 11) is 0. The van der Waals surface area contributed by atoms with E-state index >= 15 is 0 Å². The van der Waals surface area contributed by atoms with Crippen LogP contribution in [0.25, 0.3) is 38.8 Å². The van der Waals surface area contributed by atoms with Gasteiger partial charge in [-0.05, 0) is 46.7 Å². The van der Waals surface area contributed by atoms with Gasteiger partial charge >= 0.3 is 12.0 Å². The van der Waals surface area contributed by atoms with Crippen molar-refractivity contribution >= 4 is 27.4 Å². The third-order valence-corrected chi connectivity index (χ3v) is 7.42. The van der Waals surface area contributed by atoms with Crippen LogP contribution >= 0.6 is 0 Å². The SMILES string of the molecule is O=c1oc2ccccc2c2c1C(c1ccc(OC(F)(F)F)cc1)c1c(ncn3nc(-c4ccc5ccccc5c4)nc13)O2. The Labute approximate surface area is 239 Å². The largest absolute Gasteiger partial charge is 0.573 e. The van der Waals surface area contributed by atoms with Crippen LogP contribution in [0.4, 0.5) is 13.2 Å². The molecule has 4 aromatic carbocycles. The van der Waals surface area contributed by atoms with Gasteiger partial charge in [0.15, 0.2) is 17.2 Å². The molecule has 0 saturated heterocycles. The number of aromatic nitrogens is 4. The van der Waals surface area contributed by atoms with Gasteiger partial charge < -0.3 is 13.9 Å². The number of hydrogen-bond acceptors (Lipinski definition) is 7. The highest BCUT2D eigenvalue weighted by Crippen LogP contribution is 2.49.